The van der Waals surface area contributed by atoms with Gasteiger partial charge in [0.05, 0.1) is 11.9 Å². The second-order valence-corrected chi connectivity index (χ2v) is 5.12. The second-order valence-electron chi connectivity index (χ2n) is 5.12. The van der Waals surface area contributed by atoms with Crippen LogP contribution in [0.1, 0.15) is 26.3 Å². The number of hydrogen-bond donors (Lipinski definition) is 1. The zero-order valence-electron chi connectivity index (χ0n) is 12.5. The van der Waals surface area contributed by atoms with Gasteiger partial charge in [0.2, 0.25) is 0 Å². The van der Waals surface area contributed by atoms with Crippen LogP contribution in [-0.2, 0) is 6.54 Å². The van der Waals surface area contributed by atoms with E-state index in [1.54, 1.807) is 0 Å². The van der Waals surface area contributed by atoms with Crippen LogP contribution in [0.4, 0.5) is 11.4 Å². The predicted molar refractivity (Wildman–Crippen MR) is 85.3 cm³/mol. The molecule has 0 fully saturated rings. The average molecular weight is 269 g/mol. The van der Waals surface area contributed by atoms with Crippen LogP contribution in [0.2, 0.25) is 0 Å². The van der Waals surface area contributed by atoms with Crippen molar-refractivity contribution in [1.29, 1.82) is 0 Å². The van der Waals surface area contributed by atoms with Crippen molar-refractivity contribution in [3.05, 3.63) is 54.4 Å². The summed E-state index contributed by atoms with van der Waals surface area (Å²) in [7, 11) is 0. The minimum atomic E-state index is 0.475. The fraction of sp³-hybridized carbons (Fsp3) is 0.353. The van der Waals surface area contributed by atoms with Crippen molar-refractivity contribution < 1.29 is 0 Å². The topological polar surface area (TPSA) is 28.2 Å². The van der Waals surface area contributed by atoms with Crippen molar-refractivity contribution in [2.75, 3.05) is 11.4 Å². The fourth-order valence-corrected chi connectivity index (χ4v) is 2.22. The van der Waals surface area contributed by atoms with E-state index in [0.717, 1.165) is 13.1 Å². The molecule has 3 heteroatoms. The van der Waals surface area contributed by atoms with Crippen molar-refractivity contribution in [3.8, 4) is 0 Å². The van der Waals surface area contributed by atoms with Gasteiger partial charge in [-0.25, -0.2) is 0 Å². The number of hydrogen-bond acceptors (Lipinski definition) is 3. The molecule has 2 rings (SSSR count). The highest BCUT2D eigenvalue weighted by atomic mass is 15.1. The minimum absolute atomic E-state index is 0.475. The number of aromatic nitrogens is 1. The van der Waals surface area contributed by atoms with Crippen LogP contribution >= 0.6 is 0 Å². The highest BCUT2D eigenvalue weighted by Gasteiger charge is 2.11. The normalized spacial score (nSPS) is 10.8. The number of pyridine rings is 1. The molecule has 1 aromatic heterocycles. The number of benzene rings is 1. The molecule has 0 aliphatic heterocycles. The SMILES string of the molecule is CCN(c1ccccc1)c1cnccc1CNC(C)C. The van der Waals surface area contributed by atoms with E-state index >= 15 is 0 Å². The number of nitrogens with zero attached hydrogens (tertiary/aromatic N) is 2. The molecule has 1 N–H and O–H groups in total. The lowest BCUT2D eigenvalue weighted by Crippen LogP contribution is -2.24. The quantitative estimate of drug-likeness (QED) is 0.866. The molecular formula is C17H23N3. The lowest BCUT2D eigenvalue weighted by Gasteiger charge is -2.25. The summed E-state index contributed by atoms with van der Waals surface area (Å²) in [5, 5.41) is 3.48. The maximum Gasteiger partial charge on any atom is 0.0642 e. The van der Waals surface area contributed by atoms with Crippen molar-refractivity contribution >= 4 is 11.4 Å². The van der Waals surface area contributed by atoms with Gasteiger partial charge in [-0.2, -0.15) is 0 Å². The molecule has 106 valence electrons. The summed E-state index contributed by atoms with van der Waals surface area (Å²) in [6, 6.07) is 13.0. The van der Waals surface area contributed by atoms with E-state index in [9.17, 15) is 0 Å². The molecule has 0 saturated carbocycles. The van der Waals surface area contributed by atoms with Crippen LogP contribution in [-0.4, -0.2) is 17.6 Å². The Balaban J connectivity index is 2.30. The van der Waals surface area contributed by atoms with Crippen LogP contribution in [0.15, 0.2) is 48.8 Å². The zero-order valence-corrected chi connectivity index (χ0v) is 12.5. The van der Waals surface area contributed by atoms with Crippen molar-refractivity contribution in [1.82, 2.24) is 10.3 Å². The Morgan fingerprint density at radius 3 is 2.55 bits per heavy atom. The summed E-state index contributed by atoms with van der Waals surface area (Å²) < 4.78 is 0. The summed E-state index contributed by atoms with van der Waals surface area (Å²) in [4.78, 5) is 6.59. The molecule has 0 radical (unpaired) electrons. The molecule has 1 heterocycles. The minimum Gasteiger partial charge on any atom is -0.340 e. The Labute approximate surface area is 121 Å². The van der Waals surface area contributed by atoms with E-state index in [4.69, 9.17) is 0 Å². The first-order valence-electron chi connectivity index (χ1n) is 7.21. The van der Waals surface area contributed by atoms with Gasteiger partial charge in [0.1, 0.15) is 0 Å². The third kappa shape index (κ3) is 3.58. The monoisotopic (exact) mass is 269 g/mol. The third-order valence-corrected chi connectivity index (χ3v) is 3.26. The van der Waals surface area contributed by atoms with Gasteiger partial charge < -0.3 is 10.2 Å². The Kier molecular flexibility index (Phi) is 5.13. The van der Waals surface area contributed by atoms with E-state index in [-0.39, 0.29) is 0 Å². The van der Waals surface area contributed by atoms with E-state index < -0.39 is 0 Å². The first-order valence-corrected chi connectivity index (χ1v) is 7.21. The summed E-state index contributed by atoms with van der Waals surface area (Å²) in [6.07, 6.45) is 3.81. The molecule has 0 bridgehead atoms. The molecule has 0 aliphatic rings. The average Bonchev–Trinajstić information content (AvgIpc) is 2.48. The van der Waals surface area contributed by atoms with Gasteiger partial charge in [-0.15, -0.1) is 0 Å². The van der Waals surface area contributed by atoms with Crippen molar-refractivity contribution in [2.45, 2.75) is 33.4 Å². The Morgan fingerprint density at radius 2 is 1.90 bits per heavy atom. The molecule has 0 saturated heterocycles. The predicted octanol–water partition coefficient (Wildman–Crippen LogP) is 3.74. The Hall–Kier alpha value is -1.87. The van der Waals surface area contributed by atoms with Crippen LogP contribution < -0.4 is 10.2 Å². The molecule has 1 aromatic carbocycles. The van der Waals surface area contributed by atoms with E-state index in [2.05, 4.69) is 66.3 Å². The Bertz CT molecular complexity index is 523. The first-order chi connectivity index (χ1) is 9.72. The van der Waals surface area contributed by atoms with Crippen LogP contribution in [0, 0.1) is 0 Å². The lowest BCUT2D eigenvalue weighted by molar-refractivity contribution is 0.588. The first kappa shape index (κ1) is 14.5. The summed E-state index contributed by atoms with van der Waals surface area (Å²) in [5.41, 5.74) is 3.66. The van der Waals surface area contributed by atoms with Crippen molar-refractivity contribution in [3.63, 3.8) is 0 Å². The van der Waals surface area contributed by atoms with Crippen molar-refractivity contribution in [2.24, 2.45) is 0 Å². The molecule has 0 atom stereocenters. The highest BCUT2D eigenvalue weighted by Crippen LogP contribution is 2.27. The molecule has 0 unspecified atom stereocenters. The van der Waals surface area contributed by atoms with Crippen LogP contribution in [0.3, 0.4) is 0 Å². The zero-order chi connectivity index (χ0) is 14.4. The van der Waals surface area contributed by atoms with Gasteiger partial charge in [0, 0.05) is 31.0 Å². The molecule has 3 nitrogen and oxygen atoms in total. The van der Waals surface area contributed by atoms with E-state index in [0.29, 0.717) is 6.04 Å². The number of para-hydroxylation sites is 1. The molecular weight excluding hydrogens is 246 g/mol. The van der Waals surface area contributed by atoms with Gasteiger partial charge in [-0.1, -0.05) is 32.0 Å². The van der Waals surface area contributed by atoms with E-state index in [1.807, 2.05) is 18.5 Å². The van der Waals surface area contributed by atoms with Crippen LogP contribution in [0.25, 0.3) is 0 Å². The van der Waals surface area contributed by atoms with Gasteiger partial charge in [-0.3, -0.25) is 4.98 Å². The highest BCUT2D eigenvalue weighted by molar-refractivity contribution is 5.65. The molecule has 20 heavy (non-hydrogen) atoms. The van der Waals surface area contributed by atoms with Crippen LogP contribution in [0.5, 0.6) is 0 Å². The standard InChI is InChI=1S/C17H23N3/c1-4-20(16-8-6-5-7-9-16)17-13-18-11-10-15(17)12-19-14(2)3/h5-11,13-14,19H,4,12H2,1-3H3. The lowest BCUT2D eigenvalue weighted by atomic mass is 10.1. The molecule has 0 amide bonds. The van der Waals surface area contributed by atoms with Gasteiger partial charge >= 0.3 is 0 Å². The van der Waals surface area contributed by atoms with Gasteiger partial charge in [-0.05, 0) is 30.7 Å². The van der Waals surface area contributed by atoms with Gasteiger partial charge in [0.15, 0.2) is 0 Å². The fourth-order valence-electron chi connectivity index (χ4n) is 2.22. The summed E-state index contributed by atoms with van der Waals surface area (Å²) >= 11 is 0. The maximum atomic E-state index is 4.30. The third-order valence-electron chi connectivity index (χ3n) is 3.26. The summed E-state index contributed by atoms with van der Waals surface area (Å²) in [5.74, 6) is 0. The maximum absolute atomic E-state index is 4.30. The molecule has 0 aliphatic carbocycles. The smallest absolute Gasteiger partial charge is 0.0642 e. The molecule has 0 spiro atoms. The molecule has 2 aromatic rings. The largest absolute Gasteiger partial charge is 0.340 e. The summed E-state index contributed by atoms with van der Waals surface area (Å²) in [6.45, 7) is 8.27. The number of rotatable bonds is 6. The number of anilines is 2. The number of nitrogens with one attached hydrogen (secondary N) is 1. The van der Waals surface area contributed by atoms with Gasteiger partial charge in [0.25, 0.3) is 0 Å². The second kappa shape index (κ2) is 7.06. The van der Waals surface area contributed by atoms with E-state index in [1.165, 1.54) is 16.9 Å². The Morgan fingerprint density at radius 1 is 1.15 bits per heavy atom.